The van der Waals surface area contributed by atoms with Crippen molar-refractivity contribution in [3.05, 3.63) is 82.5 Å². The summed E-state index contributed by atoms with van der Waals surface area (Å²) in [4.78, 5) is 1.06. The third-order valence-corrected chi connectivity index (χ3v) is 7.09. The molecule has 2 aromatic carbocycles. The fraction of sp³-hybridized carbons (Fsp3) is 0.0952. The normalized spacial score (nSPS) is 14.8. The molecule has 0 unspecified atom stereocenters. The van der Waals surface area contributed by atoms with Crippen LogP contribution in [0, 0.1) is 0 Å². The first kappa shape index (κ1) is 21.2. The molecule has 154 valence electrons. The van der Waals surface area contributed by atoms with E-state index in [4.69, 9.17) is 33.4 Å². The highest BCUT2D eigenvalue weighted by atomic mass is 35.5. The number of primary sulfonamides is 1. The molecule has 9 heteroatoms. The Morgan fingerprint density at radius 3 is 2.37 bits per heavy atom. The fourth-order valence-electron chi connectivity index (χ4n) is 3.02. The van der Waals surface area contributed by atoms with Crippen molar-refractivity contribution in [3.63, 3.8) is 0 Å². The summed E-state index contributed by atoms with van der Waals surface area (Å²) in [7, 11) is -3.77. The lowest BCUT2D eigenvalue weighted by atomic mass is 10.1. The van der Waals surface area contributed by atoms with E-state index in [1.165, 1.54) is 12.1 Å². The Balaban J connectivity index is 1.83. The summed E-state index contributed by atoms with van der Waals surface area (Å²) in [6.45, 7) is 0. The zero-order valence-corrected chi connectivity index (χ0v) is 18.8. The zero-order chi connectivity index (χ0) is 21.3. The summed E-state index contributed by atoms with van der Waals surface area (Å²) in [6.07, 6.45) is 4.69. The molecule has 1 aromatic heterocycles. The van der Waals surface area contributed by atoms with E-state index < -0.39 is 10.0 Å². The first-order chi connectivity index (χ1) is 14.3. The lowest BCUT2D eigenvalue weighted by Crippen LogP contribution is -2.12. The largest absolute Gasteiger partial charge is 0.238 e. The quantitative estimate of drug-likeness (QED) is 0.542. The molecule has 0 amide bonds. The number of hydrogen-bond acceptors (Lipinski definition) is 4. The molecule has 0 bridgehead atoms. The minimum absolute atomic E-state index is 0.0495. The Bertz CT molecular complexity index is 1250. The van der Waals surface area contributed by atoms with Crippen LogP contribution in [-0.2, 0) is 10.0 Å². The minimum atomic E-state index is -3.77. The second kappa shape index (κ2) is 8.61. The SMILES string of the molecule is NS(=O)(=O)c1ccc(-n2nc(C3=CC=C(Cl)CCS3)cc2-c2ccc(Cl)cc2)cc1. The van der Waals surface area contributed by atoms with Crippen molar-refractivity contribution < 1.29 is 8.42 Å². The van der Waals surface area contributed by atoms with Gasteiger partial charge in [-0.3, -0.25) is 0 Å². The van der Waals surface area contributed by atoms with E-state index in [0.717, 1.165) is 39.1 Å². The lowest BCUT2D eigenvalue weighted by molar-refractivity contribution is 0.598. The smallest absolute Gasteiger partial charge is 0.232 e. The van der Waals surface area contributed by atoms with Crippen molar-refractivity contribution in [1.82, 2.24) is 9.78 Å². The van der Waals surface area contributed by atoms with Gasteiger partial charge in [-0.1, -0.05) is 35.3 Å². The van der Waals surface area contributed by atoms with Gasteiger partial charge in [0.15, 0.2) is 0 Å². The van der Waals surface area contributed by atoms with Gasteiger partial charge in [0.05, 0.1) is 22.0 Å². The van der Waals surface area contributed by atoms with Crippen molar-refractivity contribution in [3.8, 4) is 16.9 Å². The van der Waals surface area contributed by atoms with Crippen LogP contribution in [0.3, 0.4) is 0 Å². The summed E-state index contributed by atoms with van der Waals surface area (Å²) >= 11 is 13.9. The van der Waals surface area contributed by atoms with Crippen LogP contribution in [0.4, 0.5) is 0 Å². The highest BCUT2D eigenvalue weighted by molar-refractivity contribution is 8.08. The Kier molecular flexibility index (Phi) is 6.09. The zero-order valence-electron chi connectivity index (χ0n) is 15.6. The summed E-state index contributed by atoms with van der Waals surface area (Å²) in [5.41, 5.74) is 3.31. The molecule has 0 saturated heterocycles. The van der Waals surface area contributed by atoms with Gasteiger partial charge in [0.1, 0.15) is 0 Å². The lowest BCUT2D eigenvalue weighted by Gasteiger charge is -2.08. The van der Waals surface area contributed by atoms with Crippen molar-refractivity contribution in [2.75, 3.05) is 5.75 Å². The Morgan fingerprint density at radius 1 is 1.00 bits per heavy atom. The van der Waals surface area contributed by atoms with Gasteiger partial charge in [0.2, 0.25) is 10.0 Å². The number of nitrogens with two attached hydrogens (primary N) is 1. The molecule has 30 heavy (non-hydrogen) atoms. The van der Waals surface area contributed by atoms with E-state index in [1.807, 2.05) is 42.5 Å². The van der Waals surface area contributed by atoms with E-state index in [9.17, 15) is 8.42 Å². The Hall–Kier alpha value is -2.03. The van der Waals surface area contributed by atoms with E-state index >= 15 is 0 Å². The third-order valence-electron chi connectivity index (χ3n) is 4.53. The number of hydrogen-bond donors (Lipinski definition) is 1. The summed E-state index contributed by atoms with van der Waals surface area (Å²) in [6, 6.07) is 15.8. The predicted octanol–water partition coefficient (Wildman–Crippen LogP) is 5.44. The average Bonchev–Trinajstić information content (AvgIpc) is 3.04. The number of nitrogens with zero attached hydrogens (tertiary/aromatic N) is 2. The van der Waals surface area contributed by atoms with E-state index in [1.54, 1.807) is 28.6 Å². The van der Waals surface area contributed by atoms with Crippen LogP contribution >= 0.6 is 35.0 Å². The van der Waals surface area contributed by atoms with Gasteiger partial charge in [0, 0.05) is 26.3 Å². The van der Waals surface area contributed by atoms with Gasteiger partial charge in [-0.25, -0.2) is 18.2 Å². The second-order valence-electron chi connectivity index (χ2n) is 6.62. The number of benzene rings is 2. The highest BCUT2D eigenvalue weighted by Gasteiger charge is 2.17. The van der Waals surface area contributed by atoms with Crippen molar-refractivity contribution in [1.29, 1.82) is 0 Å². The molecule has 3 aromatic rings. The monoisotopic (exact) mass is 477 g/mol. The molecule has 0 saturated carbocycles. The fourth-order valence-corrected chi connectivity index (χ4v) is 4.88. The minimum Gasteiger partial charge on any atom is -0.232 e. The molecule has 0 atom stereocenters. The van der Waals surface area contributed by atoms with Crippen molar-refractivity contribution in [2.24, 2.45) is 5.14 Å². The van der Waals surface area contributed by atoms with Gasteiger partial charge in [-0.15, -0.1) is 11.8 Å². The molecular weight excluding hydrogens is 461 g/mol. The first-order valence-corrected chi connectivity index (χ1v) is 12.3. The molecule has 0 aliphatic carbocycles. The summed E-state index contributed by atoms with van der Waals surface area (Å²) in [5.74, 6) is 0.868. The van der Waals surface area contributed by atoms with Crippen LogP contribution in [0.2, 0.25) is 5.02 Å². The predicted molar refractivity (Wildman–Crippen MR) is 124 cm³/mol. The topological polar surface area (TPSA) is 78.0 Å². The standard InChI is InChI=1S/C21H17Cl2N3O2S2/c22-15-3-1-14(2-4-15)20-13-19(21-10-5-16(23)11-12-29-21)25-26(20)17-6-8-18(9-7-17)30(24,27)28/h1-10,13H,11-12H2,(H2,24,27,28). The van der Waals surface area contributed by atoms with Gasteiger partial charge >= 0.3 is 0 Å². The average molecular weight is 478 g/mol. The van der Waals surface area contributed by atoms with Gasteiger partial charge < -0.3 is 0 Å². The van der Waals surface area contributed by atoms with Crippen molar-refractivity contribution in [2.45, 2.75) is 11.3 Å². The van der Waals surface area contributed by atoms with Crippen LogP contribution in [0.15, 0.2) is 76.7 Å². The molecule has 0 fully saturated rings. The van der Waals surface area contributed by atoms with Crippen LogP contribution in [0.25, 0.3) is 21.8 Å². The molecule has 4 rings (SSSR count). The molecule has 0 radical (unpaired) electrons. The van der Waals surface area contributed by atoms with Crippen molar-refractivity contribution >= 4 is 49.9 Å². The van der Waals surface area contributed by atoms with Gasteiger partial charge in [0.25, 0.3) is 0 Å². The summed E-state index contributed by atoms with van der Waals surface area (Å²) in [5, 5.41) is 11.5. The van der Waals surface area contributed by atoms with E-state index in [0.29, 0.717) is 10.7 Å². The number of halogens is 2. The van der Waals surface area contributed by atoms with E-state index in [-0.39, 0.29) is 4.90 Å². The molecule has 0 spiro atoms. The van der Waals surface area contributed by atoms with Crippen LogP contribution in [0.5, 0.6) is 0 Å². The number of thioether (sulfide) groups is 1. The molecule has 1 aliphatic rings. The van der Waals surface area contributed by atoms with Crippen LogP contribution in [0.1, 0.15) is 12.1 Å². The number of aromatic nitrogens is 2. The van der Waals surface area contributed by atoms with E-state index in [2.05, 4.69) is 0 Å². The first-order valence-electron chi connectivity index (χ1n) is 9.00. The number of rotatable bonds is 4. The molecule has 5 nitrogen and oxygen atoms in total. The molecule has 2 heterocycles. The summed E-state index contributed by atoms with van der Waals surface area (Å²) < 4.78 is 25.0. The third kappa shape index (κ3) is 4.66. The highest BCUT2D eigenvalue weighted by Crippen LogP contribution is 2.35. The maximum absolute atomic E-state index is 11.6. The number of sulfonamides is 1. The van der Waals surface area contributed by atoms with Gasteiger partial charge in [-0.05, 0) is 61.0 Å². The second-order valence-corrected chi connectivity index (χ2v) is 10.2. The number of allylic oxidation sites excluding steroid dienone is 3. The maximum Gasteiger partial charge on any atom is 0.238 e. The van der Waals surface area contributed by atoms with Crippen LogP contribution < -0.4 is 5.14 Å². The molecule has 2 N–H and O–H groups in total. The van der Waals surface area contributed by atoms with Gasteiger partial charge in [-0.2, -0.15) is 5.10 Å². The molecule has 1 aliphatic heterocycles. The molecular formula is C21H17Cl2N3O2S2. The Labute approximate surface area is 189 Å². The van der Waals surface area contributed by atoms with Crippen LogP contribution in [-0.4, -0.2) is 24.0 Å². The Morgan fingerprint density at radius 2 is 1.70 bits per heavy atom. The maximum atomic E-state index is 11.6.